The summed E-state index contributed by atoms with van der Waals surface area (Å²) in [7, 11) is -1.98. The van der Waals surface area contributed by atoms with Gasteiger partial charge in [-0.3, -0.25) is 4.79 Å². The maximum absolute atomic E-state index is 13.3. The van der Waals surface area contributed by atoms with Crippen LogP contribution in [0.2, 0.25) is 0 Å². The fourth-order valence-electron chi connectivity index (χ4n) is 4.38. The van der Waals surface area contributed by atoms with Crippen molar-refractivity contribution >= 4 is 16.3 Å². The molecule has 1 amide bonds. The summed E-state index contributed by atoms with van der Waals surface area (Å²) in [5.41, 5.74) is 0.760. The van der Waals surface area contributed by atoms with Crippen molar-refractivity contribution in [2.75, 3.05) is 33.4 Å². The normalized spacial score (nSPS) is 21.1. The molecule has 0 N–H and O–H groups in total. The minimum absolute atomic E-state index is 0.0606. The first kappa shape index (κ1) is 22.0. The van der Waals surface area contributed by atoms with E-state index in [0.29, 0.717) is 37.4 Å². The molecule has 2 fully saturated rings. The molecule has 166 valence electrons. The lowest BCUT2D eigenvalue weighted by atomic mass is 9.89. The number of carbonyl (C=O) groups excluding carboxylic acids is 1. The van der Waals surface area contributed by atoms with E-state index >= 15 is 0 Å². The van der Waals surface area contributed by atoms with Gasteiger partial charge in [0, 0.05) is 44.6 Å². The molecule has 2 saturated heterocycles. The average molecular weight is 445 g/mol. The van der Waals surface area contributed by atoms with Crippen LogP contribution in [-0.2, 0) is 30.7 Å². The molecule has 8 heteroatoms. The van der Waals surface area contributed by atoms with Crippen molar-refractivity contribution in [2.24, 2.45) is 0 Å². The molecule has 2 aromatic rings. The van der Waals surface area contributed by atoms with Gasteiger partial charge >= 0.3 is 0 Å². The molecule has 0 radical (unpaired) electrons. The van der Waals surface area contributed by atoms with Crippen LogP contribution in [0, 0.1) is 6.92 Å². The van der Waals surface area contributed by atoms with Crippen LogP contribution in [0.1, 0.15) is 24.0 Å². The number of amides is 1. The van der Waals surface area contributed by atoms with Crippen molar-refractivity contribution in [3.63, 3.8) is 0 Å². The molecule has 0 aliphatic carbocycles. The van der Waals surface area contributed by atoms with Gasteiger partial charge in [0.25, 0.3) is 5.91 Å². The number of ether oxygens (including phenoxy) is 2. The summed E-state index contributed by atoms with van der Waals surface area (Å²) in [6.07, 6.45) is 0.705. The van der Waals surface area contributed by atoms with Crippen molar-refractivity contribution in [3.05, 3.63) is 59.7 Å². The number of nitrogens with zero attached hydrogens (tertiary/aromatic N) is 2. The van der Waals surface area contributed by atoms with Gasteiger partial charge in [-0.25, -0.2) is 0 Å². The number of aryl methyl sites for hydroxylation is 1. The van der Waals surface area contributed by atoms with E-state index in [1.807, 2.05) is 35.2 Å². The van der Waals surface area contributed by atoms with E-state index in [9.17, 15) is 13.6 Å². The summed E-state index contributed by atoms with van der Waals surface area (Å²) in [5.74, 6) is 0.692. The van der Waals surface area contributed by atoms with Gasteiger partial charge in [0.05, 0.1) is 13.7 Å². The van der Waals surface area contributed by atoms with Crippen LogP contribution < -0.4 is 4.74 Å². The van der Waals surface area contributed by atoms with Crippen molar-refractivity contribution in [3.8, 4) is 5.75 Å². The number of piperidine rings is 1. The molecule has 0 bridgehead atoms. The first-order valence-corrected chi connectivity index (χ1v) is 11.9. The predicted molar refractivity (Wildman–Crippen MR) is 116 cm³/mol. The third kappa shape index (κ3) is 4.25. The van der Waals surface area contributed by atoms with Crippen molar-refractivity contribution in [1.82, 2.24) is 9.21 Å². The number of benzene rings is 2. The second-order valence-electron chi connectivity index (χ2n) is 8.09. The topological polar surface area (TPSA) is 82.1 Å². The van der Waals surface area contributed by atoms with Gasteiger partial charge in [-0.05, 0) is 30.7 Å². The largest absolute Gasteiger partial charge is 0.593 e. The maximum atomic E-state index is 13.3. The smallest absolute Gasteiger partial charge is 0.255 e. The van der Waals surface area contributed by atoms with Crippen LogP contribution in [0.25, 0.3) is 0 Å². The van der Waals surface area contributed by atoms with Gasteiger partial charge in [-0.15, -0.1) is 4.31 Å². The molecule has 2 aliphatic heterocycles. The van der Waals surface area contributed by atoms with Crippen LogP contribution >= 0.6 is 0 Å². The summed E-state index contributed by atoms with van der Waals surface area (Å²) in [4.78, 5) is 15.5. The predicted octanol–water partition coefficient (Wildman–Crippen LogP) is 2.80. The van der Waals surface area contributed by atoms with E-state index in [4.69, 9.17) is 9.47 Å². The molecule has 0 saturated carbocycles. The third-order valence-electron chi connectivity index (χ3n) is 6.17. The molecular weight excluding hydrogens is 416 g/mol. The Morgan fingerprint density at radius 2 is 1.87 bits per heavy atom. The molecule has 2 aromatic carbocycles. The highest BCUT2D eigenvalue weighted by Gasteiger charge is 2.50. The number of carbonyl (C=O) groups is 1. The monoisotopic (exact) mass is 444 g/mol. The molecule has 0 aromatic heterocycles. The lowest BCUT2D eigenvalue weighted by molar-refractivity contribution is -0.179. The van der Waals surface area contributed by atoms with Gasteiger partial charge in [0.15, 0.2) is 15.3 Å². The first-order chi connectivity index (χ1) is 14.9. The summed E-state index contributed by atoms with van der Waals surface area (Å²) in [5, 5.41) is 0. The summed E-state index contributed by atoms with van der Waals surface area (Å²) in [6, 6.07) is 14.7. The Morgan fingerprint density at radius 3 is 2.58 bits per heavy atom. The van der Waals surface area contributed by atoms with Gasteiger partial charge in [-0.2, -0.15) is 0 Å². The Labute approximate surface area is 184 Å². The third-order valence-corrected chi connectivity index (χ3v) is 8.22. The van der Waals surface area contributed by atoms with Gasteiger partial charge in [-0.1, -0.05) is 34.5 Å². The van der Waals surface area contributed by atoms with E-state index in [1.54, 1.807) is 32.2 Å². The van der Waals surface area contributed by atoms with Gasteiger partial charge in [0.2, 0.25) is 0 Å². The number of hydrogen-bond acceptors (Lipinski definition) is 5. The Balaban J connectivity index is 1.46. The van der Waals surface area contributed by atoms with Crippen LogP contribution in [-0.4, -0.2) is 58.6 Å². The Morgan fingerprint density at radius 1 is 1.13 bits per heavy atom. The van der Waals surface area contributed by atoms with Crippen LogP contribution in [0.4, 0.5) is 0 Å². The number of rotatable bonds is 5. The number of methoxy groups -OCH3 is 1. The molecule has 31 heavy (non-hydrogen) atoms. The average Bonchev–Trinajstić information content (AvgIpc) is 2.78. The molecule has 7 nitrogen and oxygen atoms in total. The first-order valence-electron chi connectivity index (χ1n) is 10.5. The van der Waals surface area contributed by atoms with Crippen LogP contribution in [0.3, 0.4) is 0 Å². The van der Waals surface area contributed by atoms with E-state index in [-0.39, 0.29) is 19.0 Å². The maximum Gasteiger partial charge on any atom is 0.255 e. The zero-order valence-electron chi connectivity index (χ0n) is 17.9. The van der Waals surface area contributed by atoms with Crippen molar-refractivity contribution in [1.29, 1.82) is 0 Å². The van der Waals surface area contributed by atoms with Gasteiger partial charge in [0.1, 0.15) is 11.4 Å². The molecule has 1 spiro atoms. The fourth-order valence-corrected chi connectivity index (χ4v) is 6.04. The standard InChI is InChI=1S/C23H28N2O5S/c1-18-6-3-4-9-21(18)31(27,28)25-12-10-23(11-13-25)22(26)24(14-15-30-23)17-19-7-5-8-20(16-19)29-2/h3-9,16H,10-15,17H2,1-2H3. The minimum atomic E-state index is -3.60. The van der Waals surface area contributed by atoms with E-state index in [1.165, 1.54) is 4.31 Å². The number of sulfonamides is 1. The molecule has 1 atom stereocenters. The second-order valence-corrected chi connectivity index (χ2v) is 10.00. The second kappa shape index (κ2) is 8.70. The fraction of sp³-hybridized carbons (Fsp3) is 0.435. The quantitative estimate of drug-likeness (QED) is 0.663. The number of hydrogen-bond donors (Lipinski definition) is 0. The van der Waals surface area contributed by atoms with Gasteiger partial charge < -0.3 is 18.9 Å². The van der Waals surface area contributed by atoms with E-state index < -0.39 is 16.0 Å². The lowest BCUT2D eigenvalue weighted by Crippen LogP contribution is -2.61. The van der Waals surface area contributed by atoms with Crippen LogP contribution in [0.5, 0.6) is 5.75 Å². The summed E-state index contributed by atoms with van der Waals surface area (Å²) >= 11 is 0. The van der Waals surface area contributed by atoms with Crippen molar-refractivity contribution in [2.45, 2.75) is 36.8 Å². The van der Waals surface area contributed by atoms with E-state index in [0.717, 1.165) is 16.9 Å². The minimum Gasteiger partial charge on any atom is -0.593 e. The molecule has 4 rings (SSSR count). The SMILES string of the molecule is COc1cccc(CN2CCOC3(CCN([S+](=O)([O-])c4ccccc4C)CC3)C2=O)c1. The highest BCUT2D eigenvalue weighted by molar-refractivity contribution is 7.95. The molecule has 2 heterocycles. The van der Waals surface area contributed by atoms with Crippen molar-refractivity contribution < 1.29 is 23.0 Å². The molecule has 2 aliphatic rings. The zero-order valence-corrected chi connectivity index (χ0v) is 18.7. The highest BCUT2D eigenvalue weighted by Crippen LogP contribution is 2.36. The number of morpholine rings is 1. The van der Waals surface area contributed by atoms with Crippen LogP contribution in [0.15, 0.2) is 53.4 Å². The Bertz CT molecular complexity index is 1000. The Hall–Kier alpha value is -2.26. The lowest BCUT2D eigenvalue weighted by Gasteiger charge is -2.46. The zero-order chi connectivity index (χ0) is 22.1. The van der Waals surface area contributed by atoms with E-state index in [2.05, 4.69) is 0 Å². The summed E-state index contributed by atoms with van der Waals surface area (Å²) in [6.45, 7) is 3.75. The molecular formula is C23H28N2O5S. The Kier molecular flexibility index (Phi) is 6.16. The summed E-state index contributed by atoms with van der Waals surface area (Å²) < 4.78 is 38.9. The molecule has 1 unspecified atom stereocenters. The highest BCUT2D eigenvalue weighted by atomic mass is 32.3.